The minimum absolute atomic E-state index is 0.191. The molecule has 0 saturated heterocycles. The second kappa shape index (κ2) is 13.8. The number of aldehydes is 1. The van der Waals surface area contributed by atoms with E-state index in [1.54, 1.807) is 13.2 Å². The van der Waals surface area contributed by atoms with Crippen molar-refractivity contribution in [2.75, 3.05) is 27.7 Å². The highest BCUT2D eigenvalue weighted by atomic mass is 19.1. The van der Waals surface area contributed by atoms with Gasteiger partial charge in [-0.15, -0.1) is 0 Å². The third-order valence-electron chi connectivity index (χ3n) is 4.36. The number of hydrogen-bond acceptors (Lipinski definition) is 3. The van der Waals surface area contributed by atoms with Gasteiger partial charge >= 0.3 is 0 Å². The highest BCUT2D eigenvalue weighted by Gasteiger charge is 2.06. The number of benzene rings is 2. The van der Waals surface area contributed by atoms with Crippen molar-refractivity contribution in [3.05, 3.63) is 71.6 Å². The van der Waals surface area contributed by atoms with Gasteiger partial charge in [0, 0.05) is 19.2 Å². The second-order valence-electron chi connectivity index (χ2n) is 7.42. The molecule has 0 amide bonds. The third-order valence-corrected chi connectivity index (χ3v) is 4.36. The van der Waals surface area contributed by atoms with Crippen LogP contribution in [0.3, 0.4) is 0 Å². The zero-order valence-electron chi connectivity index (χ0n) is 18.2. The molecule has 0 atom stereocenters. The van der Waals surface area contributed by atoms with Gasteiger partial charge in [-0.2, -0.15) is 0 Å². The molecule has 0 aliphatic carbocycles. The van der Waals surface area contributed by atoms with Crippen LogP contribution in [0.2, 0.25) is 0 Å². The number of halogens is 1. The molecule has 2 aromatic carbocycles. The fourth-order valence-corrected chi connectivity index (χ4v) is 2.92. The molecule has 2 rings (SSSR count). The highest BCUT2D eigenvalue weighted by molar-refractivity contribution is 5.72. The van der Waals surface area contributed by atoms with Gasteiger partial charge < -0.3 is 9.64 Å². The molecule has 0 radical (unpaired) electrons. The van der Waals surface area contributed by atoms with Crippen molar-refractivity contribution in [2.24, 2.45) is 0 Å². The summed E-state index contributed by atoms with van der Waals surface area (Å²) in [5.74, 6) is -0.191. The van der Waals surface area contributed by atoms with E-state index in [9.17, 15) is 9.18 Å². The zero-order chi connectivity index (χ0) is 21.6. The lowest BCUT2D eigenvalue weighted by atomic mass is 10.00. The van der Waals surface area contributed by atoms with E-state index >= 15 is 0 Å². The molecule has 0 aromatic heterocycles. The highest BCUT2D eigenvalue weighted by Crippen LogP contribution is 2.24. The van der Waals surface area contributed by atoms with Crippen LogP contribution in [0.15, 0.2) is 54.6 Å². The Hall–Kier alpha value is -2.30. The van der Waals surface area contributed by atoms with E-state index < -0.39 is 0 Å². The van der Waals surface area contributed by atoms with Crippen LogP contribution in [0.25, 0.3) is 11.1 Å². The minimum atomic E-state index is -0.191. The van der Waals surface area contributed by atoms with E-state index in [4.69, 9.17) is 4.74 Å². The van der Waals surface area contributed by atoms with Gasteiger partial charge in [-0.1, -0.05) is 62.7 Å². The number of hydrogen-bond donors (Lipinski definition) is 0. The van der Waals surface area contributed by atoms with Crippen LogP contribution in [0.5, 0.6) is 0 Å². The molecule has 0 heterocycles. The summed E-state index contributed by atoms with van der Waals surface area (Å²) in [6.45, 7) is 6.81. The number of carbonyl (C=O) groups excluding carboxylic acids is 1. The molecule has 29 heavy (non-hydrogen) atoms. The van der Waals surface area contributed by atoms with Gasteiger partial charge in [0.25, 0.3) is 0 Å². The second-order valence-corrected chi connectivity index (χ2v) is 7.42. The van der Waals surface area contributed by atoms with Crippen LogP contribution in [-0.2, 0) is 22.6 Å². The first-order valence-electron chi connectivity index (χ1n) is 10.1. The number of aryl methyl sites for hydroxylation is 1. The summed E-state index contributed by atoms with van der Waals surface area (Å²) >= 11 is 0. The Labute approximate surface area is 175 Å². The molecule has 0 N–H and O–H groups in total. The number of methoxy groups -OCH3 is 1. The Balaban J connectivity index is 0.000000447. The number of nitrogens with zero attached hydrogens (tertiary/aromatic N) is 1. The van der Waals surface area contributed by atoms with E-state index in [1.807, 2.05) is 43.3 Å². The Kier molecular flexibility index (Phi) is 11.8. The Morgan fingerprint density at radius 2 is 1.76 bits per heavy atom. The molecule has 0 saturated carbocycles. The molecule has 0 aliphatic rings. The Bertz CT molecular complexity index is 754. The number of likely N-dealkylation sites (N-methyl/N-ethyl adjacent to an activating group) is 1. The maximum Gasteiger partial charge on any atom is 0.146 e. The molecule has 0 aliphatic heterocycles. The summed E-state index contributed by atoms with van der Waals surface area (Å²) in [5.41, 5.74) is 4.37. The van der Waals surface area contributed by atoms with Crippen LogP contribution in [0.1, 0.15) is 37.3 Å². The number of carbonyl (C=O) groups is 1. The van der Waals surface area contributed by atoms with Gasteiger partial charge in [-0.05, 0) is 55.3 Å². The topological polar surface area (TPSA) is 29.5 Å². The van der Waals surface area contributed by atoms with Crippen molar-refractivity contribution in [1.29, 1.82) is 0 Å². The molecular weight excluding hydrogens is 365 g/mol. The maximum absolute atomic E-state index is 14.2. The molecule has 3 nitrogen and oxygen atoms in total. The molecular formula is C25H34FNO2. The predicted octanol–water partition coefficient (Wildman–Crippen LogP) is 5.67. The van der Waals surface area contributed by atoms with Crippen LogP contribution in [-0.4, -0.2) is 38.9 Å². The van der Waals surface area contributed by atoms with Gasteiger partial charge in [0.2, 0.25) is 0 Å². The average Bonchev–Trinajstić information content (AvgIpc) is 2.69. The molecule has 158 valence electrons. The number of unbranched alkanes of at least 4 members (excludes halogenated alkanes) is 2. The first kappa shape index (κ1) is 24.7. The normalized spacial score (nSPS) is 10.4. The van der Waals surface area contributed by atoms with Crippen LogP contribution in [0, 0.1) is 5.82 Å². The summed E-state index contributed by atoms with van der Waals surface area (Å²) in [6.07, 6.45) is 5.59. The monoisotopic (exact) mass is 399 g/mol. The largest absolute Gasteiger partial charge is 0.380 e. The lowest BCUT2D eigenvalue weighted by Crippen LogP contribution is -2.14. The number of rotatable bonds is 10. The van der Waals surface area contributed by atoms with Crippen molar-refractivity contribution in [3.63, 3.8) is 0 Å². The maximum atomic E-state index is 14.2. The van der Waals surface area contributed by atoms with Gasteiger partial charge in [0.15, 0.2) is 0 Å². The Morgan fingerprint density at radius 3 is 2.24 bits per heavy atom. The molecule has 0 spiro atoms. The quantitative estimate of drug-likeness (QED) is 0.293. The van der Waals surface area contributed by atoms with Crippen molar-refractivity contribution < 1.29 is 13.9 Å². The lowest BCUT2D eigenvalue weighted by molar-refractivity contribution is -0.105. The van der Waals surface area contributed by atoms with Crippen LogP contribution >= 0.6 is 0 Å². The zero-order valence-corrected chi connectivity index (χ0v) is 18.2. The van der Waals surface area contributed by atoms with Crippen LogP contribution < -0.4 is 0 Å². The molecule has 0 fully saturated rings. The predicted molar refractivity (Wildman–Crippen MR) is 120 cm³/mol. The summed E-state index contributed by atoms with van der Waals surface area (Å²) in [4.78, 5) is 11.8. The lowest BCUT2D eigenvalue weighted by Gasteiger charge is -2.07. The molecule has 0 unspecified atom stereocenters. The van der Waals surface area contributed by atoms with Crippen molar-refractivity contribution in [2.45, 2.75) is 39.2 Å². The van der Waals surface area contributed by atoms with E-state index in [0.29, 0.717) is 24.3 Å². The first-order chi connectivity index (χ1) is 13.9. The van der Waals surface area contributed by atoms with Crippen molar-refractivity contribution >= 4 is 6.29 Å². The fourth-order valence-electron chi connectivity index (χ4n) is 2.92. The molecule has 4 heteroatoms. The van der Waals surface area contributed by atoms with Crippen molar-refractivity contribution in [1.82, 2.24) is 4.90 Å². The van der Waals surface area contributed by atoms with Gasteiger partial charge in [0.1, 0.15) is 12.1 Å². The SMILES string of the molecule is C=C(C=O)CN(C)C.CCCCCc1ccc(-c2ccc(COC)cc2F)cc1. The fraction of sp³-hybridized carbons (Fsp3) is 0.400. The van der Waals surface area contributed by atoms with Gasteiger partial charge in [0.05, 0.1) is 6.61 Å². The van der Waals surface area contributed by atoms with Gasteiger partial charge in [-0.25, -0.2) is 4.39 Å². The minimum Gasteiger partial charge on any atom is -0.380 e. The average molecular weight is 400 g/mol. The van der Waals surface area contributed by atoms with E-state index in [1.165, 1.54) is 24.8 Å². The standard InChI is InChI=1S/C19H23FO.C6H11NO/c1-3-4-5-6-15-7-10-17(11-8-15)18-12-9-16(14-21-2)13-19(18)20;1-6(5-8)4-7(2)3/h7-13H,3-6,14H2,1-2H3;5H,1,4H2,2-3H3. The van der Waals surface area contributed by atoms with Crippen LogP contribution in [0.4, 0.5) is 4.39 Å². The third kappa shape index (κ3) is 9.64. The summed E-state index contributed by atoms with van der Waals surface area (Å²) in [6, 6.07) is 13.5. The van der Waals surface area contributed by atoms with Crippen molar-refractivity contribution in [3.8, 4) is 11.1 Å². The van der Waals surface area contributed by atoms with E-state index in [-0.39, 0.29) is 5.82 Å². The first-order valence-corrected chi connectivity index (χ1v) is 10.1. The summed E-state index contributed by atoms with van der Waals surface area (Å²) in [5, 5.41) is 0. The smallest absolute Gasteiger partial charge is 0.146 e. The van der Waals surface area contributed by atoms with E-state index in [0.717, 1.165) is 23.8 Å². The molecule has 0 bridgehead atoms. The van der Waals surface area contributed by atoms with E-state index in [2.05, 4.69) is 25.6 Å². The summed E-state index contributed by atoms with van der Waals surface area (Å²) < 4.78 is 19.2. The summed E-state index contributed by atoms with van der Waals surface area (Å²) in [7, 11) is 5.41. The Morgan fingerprint density at radius 1 is 1.10 bits per heavy atom. The number of ether oxygens (including phenoxy) is 1. The van der Waals surface area contributed by atoms with Gasteiger partial charge in [-0.3, -0.25) is 4.79 Å². The molecule has 2 aromatic rings.